The van der Waals surface area contributed by atoms with Gasteiger partial charge in [-0.3, -0.25) is 10.1 Å². The molecule has 1 saturated carbocycles. The van der Waals surface area contributed by atoms with Gasteiger partial charge in [0, 0.05) is 11.4 Å². The molecule has 0 bridgehead atoms. The van der Waals surface area contributed by atoms with E-state index in [1.54, 1.807) is 5.38 Å². The van der Waals surface area contributed by atoms with Crippen LogP contribution in [-0.4, -0.2) is 35.5 Å². The molecule has 0 spiro atoms. The fraction of sp³-hybridized carbons (Fsp3) is 0.444. The van der Waals surface area contributed by atoms with Gasteiger partial charge in [-0.15, -0.1) is 22.7 Å². The first-order chi connectivity index (χ1) is 13.0. The van der Waals surface area contributed by atoms with Crippen molar-refractivity contribution in [2.24, 2.45) is 5.92 Å². The Morgan fingerprint density at radius 2 is 2.07 bits per heavy atom. The lowest BCUT2D eigenvalue weighted by Gasteiger charge is -2.29. The Labute approximate surface area is 165 Å². The van der Waals surface area contributed by atoms with Gasteiger partial charge in [-0.25, -0.2) is 14.6 Å². The molecule has 0 aliphatic heterocycles. The van der Waals surface area contributed by atoms with Crippen LogP contribution >= 0.6 is 22.7 Å². The van der Waals surface area contributed by atoms with E-state index in [9.17, 15) is 14.4 Å². The van der Waals surface area contributed by atoms with Crippen molar-refractivity contribution in [3.63, 3.8) is 0 Å². The summed E-state index contributed by atoms with van der Waals surface area (Å²) in [7, 11) is 0. The Hall–Kier alpha value is -2.26. The molecule has 1 aliphatic carbocycles. The maximum absolute atomic E-state index is 12.0. The summed E-state index contributed by atoms with van der Waals surface area (Å²) in [6, 6.07) is 3.34. The lowest BCUT2D eigenvalue weighted by molar-refractivity contribution is -0.123. The number of esters is 1. The molecular formula is C18H21N3O4S2. The highest BCUT2D eigenvalue weighted by molar-refractivity contribution is 7.20. The third-order valence-electron chi connectivity index (χ3n) is 4.46. The van der Waals surface area contributed by atoms with Crippen molar-refractivity contribution in [1.82, 2.24) is 15.6 Å². The predicted molar refractivity (Wildman–Crippen MR) is 104 cm³/mol. The number of hydrogen-bond acceptors (Lipinski definition) is 7. The van der Waals surface area contributed by atoms with Crippen molar-refractivity contribution in [1.29, 1.82) is 0 Å². The van der Waals surface area contributed by atoms with Crippen molar-refractivity contribution in [2.45, 2.75) is 38.6 Å². The van der Waals surface area contributed by atoms with Gasteiger partial charge in [0.25, 0.3) is 5.91 Å². The Morgan fingerprint density at radius 1 is 1.26 bits per heavy atom. The summed E-state index contributed by atoms with van der Waals surface area (Å²) in [5, 5.41) is 9.26. The van der Waals surface area contributed by atoms with E-state index in [1.165, 1.54) is 29.1 Å². The minimum absolute atomic E-state index is 0.0692. The highest BCUT2D eigenvalue weighted by Crippen LogP contribution is 2.28. The summed E-state index contributed by atoms with van der Waals surface area (Å²) in [5.41, 5.74) is 0.150. The lowest BCUT2D eigenvalue weighted by Crippen LogP contribution is -2.48. The Bertz CT molecular complexity index is 803. The number of nitrogens with one attached hydrogen (secondary N) is 2. The van der Waals surface area contributed by atoms with Crippen LogP contribution in [0.25, 0.3) is 9.88 Å². The minimum atomic E-state index is -0.689. The van der Waals surface area contributed by atoms with Gasteiger partial charge in [0.05, 0.1) is 4.88 Å². The normalized spacial score (nSPS) is 19.3. The first-order valence-electron chi connectivity index (χ1n) is 8.80. The van der Waals surface area contributed by atoms with Crippen LogP contribution in [-0.2, 0) is 9.53 Å². The molecule has 0 saturated heterocycles. The molecule has 27 heavy (non-hydrogen) atoms. The molecule has 0 aromatic carbocycles. The Morgan fingerprint density at radius 3 is 2.81 bits per heavy atom. The standard InChI is InChI=1S/C18H21N3O4S2/c1-11-5-2-3-6-12(11)20-18(24)21-15(22)9-25-17(23)13-10-27-16(19-13)14-7-4-8-26-14/h4,7-8,10-12H,2-3,5-6,9H2,1H3,(H2,20,21,22,24)/t11-,12-/m0/s1. The van der Waals surface area contributed by atoms with Gasteiger partial charge in [0.1, 0.15) is 5.01 Å². The van der Waals surface area contributed by atoms with Gasteiger partial charge in [-0.1, -0.05) is 25.8 Å². The average molecular weight is 408 g/mol. The van der Waals surface area contributed by atoms with Crippen molar-refractivity contribution in [3.8, 4) is 9.88 Å². The number of rotatable bonds is 5. The largest absolute Gasteiger partial charge is 0.451 e. The molecular weight excluding hydrogens is 386 g/mol. The van der Waals surface area contributed by atoms with Crippen LogP contribution in [0.5, 0.6) is 0 Å². The molecule has 2 heterocycles. The zero-order chi connectivity index (χ0) is 19.2. The number of amides is 3. The molecule has 2 aromatic heterocycles. The van der Waals surface area contributed by atoms with Crippen LogP contribution in [0.4, 0.5) is 4.79 Å². The van der Waals surface area contributed by atoms with E-state index >= 15 is 0 Å². The van der Waals surface area contributed by atoms with Crippen molar-refractivity contribution < 1.29 is 19.1 Å². The fourth-order valence-corrected chi connectivity index (χ4v) is 4.59. The highest BCUT2D eigenvalue weighted by atomic mass is 32.1. The van der Waals surface area contributed by atoms with Crippen molar-refractivity contribution in [2.75, 3.05) is 6.61 Å². The van der Waals surface area contributed by atoms with E-state index in [1.807, 2.05) is 17.5 Å². The molecule has 2 N–H and O–H groups in total. The fourth-order valence-electron chi connectivity index (χ4n) is 2.98. The summed E-state index contributed by atoms with van der Waals surface area (Å²) in [6.45, 7) is 1.56. The van der Waals surface area contributed by atoms with Gasteiger partial charge >= 0.3 is 12.0 Å². The molecule has 0 radical (unpaired) electrons. The molecule has 1 aliphatic rings. The minimum Gasteiger partial charge on any atom is -0.451 e. The molecule has 3 amide bonds. The number of ether oxygens (including phenoxy) is 1. The predicted octanol–water partition coefficient (Wildman–Crippen LogP) is 3.43. The van der Waals surface area contributed by atoms with E-state index in [2.05, 4.69) is 22.5 Å². The summed E-state index contributed by atoms with van der Waals surface area (Å²) < 4.78 is 4.95. The van der Waals surface area contributed by atoms with Crippen LogP contribution in [0, 0.1) is 5.92 Å². The summed E-state index contributed by atoms with van der Waals surface area (Å²) >= 11 is 2.86. The zero-order valence-corrected chi connectivity index (χ0v) is 16.5. The maximum Gasteiger partial charge on any atom is 0.358 e. The smallest absolute Gasteiger partial charge is 0.358 e. The zero-order valence-electron chi connectivity index (χ0n) is 14.9. The SMILES string of the molecule is C[C@H]1CCCC[C@@H]1NC(=O)NC(=O)COC(=O)c1csc(-c2cccs2)n1. The monoisotopic (exact) mass is 407 g/mol. The lowest BCUT2D eigenvalue weighted by atomic mass is 9.86. The number of carbonyl (C=O) groups excluding carboxylic acids is 3. The average Bonchev–Trinajstić information content (AvgIpc) is 3.33. The van der Waals surface area contributed by atoms with Gasteiger partial charge < -0.3 is 10.1 Å². The van der Waals surface area contributed by atoms with Crippen LogP contribution in [0.15, 0.2) is 22.9 Å². The molecule has 144 valence electrons. The topological polar surface area (TPSA) is 97.4 Å². The van der Waals surface area contributed by atoms with E-state index in [4.69, 9.17) is 4.74 Å². The Kier molecular flexibility index (Phi) is 6.57. The number of aromatic nitrogens is 1. The first-order valence-corrected chi connectivity index (χ1v) is 10.6. The summed E-state index contributed by atoms with van der Waals surface area (Å²) in [5.74, 6) is -0.969. The van der Waals surface area contributed by atoms with E-state index in [0.29, 0.717) is 5.92 Å². The third-order valence-corrected chi connectivity index (χ3v) is 6.34. The number of imide groups is 1. The van der Waals surface area contributed by atoms with Crippen LogP contribution in [0.1, 0.15) is 43.1 Å². The number of carbonyl (C=O) groups is 3. The first kappa shape index (κ1) is 19.5. The van der Waals surface area contributed by atoms with Crippen LogP contribution < -0.4 is 10.6 Å². The second-order valence-corrected chi connectivity index (χ2v) is 8.29. The second-order valence-electron chi connectivity index (χ2n) is 6.48. The van der Waals surface area contributed by atoms with Gasteiger partial charge in [-0.2, -0.15) is 0 Å². The maximum atomic E-state index is 12.0. The van der Waals surface area contributed by atoms with E-state index < -0.39 is 24.5 Å². The third kappa shape index (κ3) is 5.36. The summed E-state index contributed by atoms with van der Waals surface area (Å²) in [6.07, 6.45) is 4.22. The number of urea groups is 1. The molecule has 0 unspecified atom stereocenters. The molecule has 3 rings (SSSR count). The molecule has 2 aromatic rings. The van der Waals surface area contributed by atoms with E-state index in [-0.39, 0.29) is 11.7 Å². The highest BCUT2D eigenvalue weighted by Gasteiger charge is 2.23. The number of thiazole rings is 1. The Balaban J connectivity index is 1.43. The van der Waals surface area contributed by atoms with Gasteiger partial charge in [0.15, 0.2) is 12.3 Å². The van der Waals surface area contributed by atoms with Crippen LogP contribution in [0.2, 0.25) is 0 Å². The second kappa shape index (κ2) is 9.09. The number of thiophene rings is 1. The van der Waals surface area contributed by atoms with Crippen LogP contribution in [0.3, 0.4) is 0 Å². The molecule has 2 atom stereocenters. The van der Waals surface area contributed by atoms with Crippen molar-refractivity contribution >= 4 is 40.6 Å². The number of hydrogen-bond donors (Lipinski definition) is 2. The number of nitrogens with zero attached hydrogens (tertiary/aromatic N) is 1. The van der Waals surface area contributed by atoms with Gasteiger partial charge in [-0.05, 0) is 30.2 Å². The van der Waals surface area contributed by atoms with E-state index in [0.717, 1.165) is 29.1 Å². The molecule has 1 fully saturated rings. The van der Waals surface area contributed by atoms with Gasteiger partial charge in [0.2, 0.25) is 0 Å². The summed E-state index contributed by atoms with van der Waals surface area (Å²) in [4.78, 5) is 41.0. The van der Waals surface area contributed by atoms with Crippen molar-refractivity contribution in [3.05, 3.63) is 28.6 Å². The molecule has 7 nitrogen and oxygen atoms in total. The quantitative estimate of drug-likeness (QED) is 0.740. The molecule has 9 heteroatoms.